The molecule has 0 fully saturated rings. The summed E-state index contributed by atoms with van der Waals surface area (Å²) in [6.45, 7) is 5.13. The molecule has 0 radical (unpaired) electrons. The van der Waals surface area contributed by atoms with Crippen LogP contribution in [0.2, 0.25) is 5.02 Å². The van der Waals surface area contributed by atoms with Gasteiger partial charge in [0, 0.05) is 13.6 Å². The number of carboxylic acids is 1. The van der Waals surface area contributed by atoms with Gasteiger partial charge in [-0.1, -0.05) is 25.4 Å². The number of halogens is 1. The highest BCUT2D eigenvalue weighted by Crippen LogP contribution is 2.19. The van der Waals surface area contributed by atoms with Gasteiger partial charge < -0.3 is 10.0 Å². The van der Waals surface area contributed by atoms with E-state index in [2.05, 4.69) is 18.8 Å². The van der Waals surface area contributed by atoms with Gasteiger partial charge in [0.15, 0.2) is 5.69 Å². The van der Waals surface area contributed by atoms with Crippen molar-refractivity contribution in [2.45, 2.75) is 20.3 Å². The molecule has 0 aliphatic carbocycles. The maximum atomic E-state index is 10.9. The first-order valence-electron chi connectivity index (χ1n) is 5.52. The normalized spacial score (nSPS) is 10.6. The average molecular weight is 257 g/mol. The number of pyridine rings is 1. The summed E-state index contributed by atoms with van der Waals surface area (Å²) in [7, 11) is 1.89. The number of nitrogens with zero attached hydrogens (tertiary/aromatic N) is 2. The molecule has 0 unspecified atom stereocenters. The summed E-state index contributed by atoms with van der Waals surface area (Å²) >= 11 is 5.76. The van der Waals surface area contributed by atoms with E-state index in [-0.39, 0.29) is 10.7 Å². The minimum atomic E-state index is -1.10. The molecule has 4 nitrogen and oxygen atoms in total. The third-order valence-electron chi connectivity index (χ3n) is 2.47. The van der Waals surface area contributed by atoms with E-state index in [1.165, 1.54) is 0 Å². The van der Waals surface area contributed by atoms with Gasteiger partial charge in [0.05, 0.1) is 5.02 Å². The van der Waals surface area contributed by atoms with Crippen molar-refractivity contribution in [1.82, 2.24) is 4.98 Å². The van der Waals surface area contributed by atoms with E-state index in [1.807, 2.05) is 11.9 Å². The van der Waals surface area contributed by atoms with Gasteiger partial charge in [-0.3, -0.25) is 0 Å². The fourth-order valence-electron chi connectivity index (χ4n) is 1.36. The van der Waals surface area contributed by atoms with Crippen molar-refractivity contribution in [2.75, 3.05) is 18.5 Å². The second-order valence-corrected chi connectivity index (χ2v) is 4.82. The Bertz CT molecular complexity index is 407. The minimum Gasteiger partial charge on any atom is -0.476 e. The molecule has 0 saturated carbocycles. The van der Waals surface area contributed by atoms with E-state index in [9.17, 15) is 4.79 Å². The molecule has 0 amide bonds. The summed E-state index contributed by atoms with van der Waals surface area (Å²) in [5, 5.41) is 9.09. The van der Waals surface area contributed by atoms with Crippen LogP contribution in [0.15, 0.2) is 12.1 Å². The number of rotatable bonds is 5. The molecular weight excluding hydrogens is 240 g/mol. The molecule has 5 heteroatoms. The second-order valence-electron chi connectivity index (χ2n) is 4.41. The molecular formula is C12H17ClN2O2. The lowest BCUT2D eigenvalue weighted by molar-refractivity contribution is 0.0691. The monoisotopic (exact) mass is 256 g/mol. The van der Waals surface area contributed by atoms with Crippen LogP contribution in [0.4, 0.5) is 5.82 Å². The zero-order valence-electron chi connectivity index (χ0n) is 10.3. The van der Waals surface area contributed by atoms with Crippen molar-refractivity contribution < 1.29 is 9.90 Å². The van der Waals surface area contributed by atoms with Crippen molar-refractivity contribution in [1.29, 1.82) is 0 Å². The Morgan fingerprint density at radius 3 is 2.71 bits per heavy atom. The standard InChI is InChI=1S/C12H17ClN2O2/c1-8(2)6-7-15(3)10-5-4-9(13)11(14-10)12(16)17/h4-5,8H,6-7H2,1-3H3,(H,16,17). The zero-order valence-corrected chi connectivity index (χ0v) is 11.0. The molecule has 0 saturated heterocycles. The van der Waals surface area contributed by atoms with Crippen molar-refractivity contribution in [3.05, 3.63) is 22.8 Å². The summed E-state index contributed by atoms with van der Waals surface area (Å²) in [5.41, 5.74) is -0.0967. The topological polar surface area (TPSA) is 53.4 Å². The van der Waals surface area contributed by atoms with Crippen molar-refractivity contribution >= 4 is 23.4 Å². The maximum Gasteiger partial charge on any atom is 0.356 e. The van der Waals surface area contributed by atoms with Gasteiger partial charge in [-0.2, -0.15) is 0 Å². The van der Waals surface area contributed by atoms with Crippen LogP contribution in [0.25, 0.3) is 0 Å². The molecule has 1 N–H and O–H groups in total. The van der Waals surface area contributed by atoms with E-state index in [4.69, 9.17) is 16.7 Å². The molecule has 17 heavy (non-hydrogen) atoms. The Morgan fingerprint density at radius 2 is 2.18 bits per heavy atom. The average Bonchev–Trinajstić information content (AvgIpc) is 2.26. The lowest BCUT2D eigenvalue weighted by Gasteiger charge is -2.19. The molecule has 0 aliphatic rings. The summed E-state index contributed by atoms with van der Waals surface area (Å²) in [5.74, 6) is 0.130. The van der Waals surface area contributed by atoms with E-state index < -0.39 is 5.97 Å². The number of aromatic nitrogens is 1. The smallest absolute Gasteiger partial charge is 0.356 e. The molecule has 1 aromatic rings. The number of carbonyl (C=O) groups is 1. The molecule has 1 heterocycles. The molecule has 0 spiro atoms. The quantitative estimate of drug-likeness (QED) is 0.880. The number of hydrogen-bond acceptors (Lipinski definition) is 3. The first kappa shape index (κ1) is 13.8. The van der Waals surface area contributed by atoms with Crippen LogP contribution in [0.5, 0.6) is 0 Å². The van der Waals surface area contributed by atoms with Gasteiger partial charge >= 0.3 is 5.97 Å². The number of aromatic carboxylic acids is 1. The highest BCUT2D eigenvalue weighted by atomic mass is 35.5. The van der Waals surface area contributed by atoms with E-state index in [1.54, 1.807) is 12.1 Å². The van der Waals surface area contributed by atoms with Crippen molar-refractivity contribution in [3.63, 3.8) is 0 Å². The maximum absolute atomic E-state index is 10.9. The minimum absolute atomic E-state index is 0.0967. The highest BCUT2D eigenvalue weighted by molar-refractivity contribution is 6.33. The van der Waals surface area contributed by atoms with Gasteiger partial charge in [0.1, 0.15) is 5.82 Å². The molecule has 0 bridgehead atoms. The summed E-state index contributed by atoms with van der Waals surface area (Å²) in [6, 6.07) is 3.30. The first-order valence-corrected chi connectivity index (χ1v) is 5.90. The largest absolute Gasteiger partial charge is 0.476 e. The van der Waals surface area contributed by atoms with E-state index >= 15 is 0 Å². The molecule has 0 aromatic carbocycles. The van der Waals surface area contributed by atoms with Gasteiger partial charge in [0.2, 0.25) is 0 Å². The van der Waals surface area contributed by atoms with Gasteiger partial charge in [-0.25, -0.2) is 9.78 Å². The van der Waals surface area contributed by atoms with Gasteiger partial charge in [0.25, 0.3) is 0 Å². The molecule has 1 rings (SSSR count). The SMILES string of the molecule is CC(C)CCN(C)c1ccc(Cl)c(C(=O)O)n1. The fraction of sp³-hybridized carbons (Fsp3) is 0.500. The Labute approximate surface area is 106 Å². The van der Waals surface area contributed by atoms with Crippen LogP contribution in [-0.2, 0) is 0 Å². The number of hydrogen-bond donors (Lipinski definition) is 1. The summed E-state index contributed by atoms with van der Waals surface area (Å²) in [4.78, 5) is 16.9. The Balaban J connectivity index is 2.84. The van der Waals surface area contributed by atoms with Crippen LogP contribution in [0.1, 0.15) is 30.8 Å². The molecule has 0 atom stereocenters. The zero-order chi connectivity index (χ0) is 13.0. The Morgan fingerprint density at radius 1 is 1.53 bits per heavy atom. The molecule has 1 aromatic heterocycles. The lowest BCUT2D eigenvalue weighted by atomic mass is 10.1. The summed E-state index contributed by atoms with van der Waals surface area (Å²) in [6.07, 6.45) is 1.03. The molecule has 0 aliphatic heterocycles. The second kappa shape index (κ2) is 5.87. The van der Waals surface area contributed by atoms with Gasteiger partial charge in [-0.05, 0) is 24.5 Å². The van der Waals surface area contributed by atoms with E-state index in [0.29, 0.717) is 11.7 Å². The van der Waals surface area contributed by atoms with Crippen molar-refractivity contribution in [3.8, 4) is 0 Å². The predicted molar refractivity (Wildman–Crippen MR) is 68.9 cm³/mol. The van der Waals surface area contributed by atoms with Crippen LogP contribution in [0, 0.1) is 5.92 Å². The number of carboxylic acid groups (broad SMARTS) is 1. The Kier molecular flexibility index (Phi) is 4.75. The fourth-order valence-corrected chi connectivity index (χ4v) is 1.55. The predicted octanol–water partition coefficient (Wildman–Crippen LogP) is 2.92. The third kappa shape index (κ3) is 3.89. The van der Waals surface area contributed by atoms with E-state index in [0.717, 1.165) is 13.0 Å². The highest BCUT2D eigenvalue weighted by Gasteiger charge is 2.13. The first-order chi connectivity index (χ1) is 7.91. The Hall–Kier alpha value is -1.29. The lowest BCUT2D eigenvalue weighted by Crippen LogP contribution is -2.21. The van der Waals surface area contributed by atoms with Crippen molar-refractivity contribution in [2.24, 2.45) is 5.92 Å². The van der Waals surface area contributed by atoms with Crippen LogP contribution >= 0.6 is 11.6 Å². The van der Waals surface area contributed by atoms with Crippen LogP contribution in [-0.4, -0.2) is 29.7 Å². The third-order valence-corrected chi connectivity index (χ3v) is 2.77. The molecule has 94 valence electrons. The number of anilines is 1. The van der Waals surface area contributed by atoms with Crippen LogP contribution in [0.3, 0.4) is 0 Å². The van der Waals surface area contributed by atoms with Crippen LogP contribution < -0.4 is 4.90 Å². The summed E-state index contributed by atoms with van der Waals surface area (Å²) < 4.78 is 0. The van der Waals surface area contributed by atoms with Gasteiger partial charge in [-0.15, -0.1) is 0 Å².